The van der Waals surface area contributed by atoms with Crippen LogP contribution in [0.2, 0.25) is 0 Å². The van der Waals surface area contributed by atoms with Gasteiger partial charge in [0.25, 0.3) is 5.56 Å². The predicted octanol–water partition coefficient (Wildman–Crippen LogP) is 4.47. The summed E-state index contributed by atoms with van der Waals surface area (Å²) in [6.45, 7) is 4.16. The van der Waals surface area contributed by atoms with Crippen LogP contribution in [0.1, 0.15) is 48.4 Å². The highest BCUT2D eigenvalue weighted by Crippen LogP contribution is 2.36. The van der Waals surface area contributed by atoms with E-state index in [2.05, 4.69) is 46.9 Å². The Hall–Kier alpha value is -1.42. The molecule has 0 unspecified atom stereocenters. The SMILES string of the molecule is Cc1ccc(-c2nc(C3CCCC3)c(Br)c(=O)[nH]2)cc1C. The summed E-state index contributed by atoms with van der Waals surface area (Å²) in [5.74, 6) is 1.08. The molecular formula is C17H19BrN2O. The van der Waals surface area contributed by atoms with E-state index in [1.165, 1.54) is 24.0 Å². The van der Waals surface area contributed by atoms with Gasteiger partial charge in [0.1, 0.15) is 10.3 Å². The fourth-order valence-corrected chi connectivity index (χ4v) is 3.48. The van der Waals surface area contributed by atoms with Crippen LogP contribution in [0.5, 0.6) is 0 Å². The first-order valence-electron chi connectivity index (χ1n) is 7.43. The molecule has 1 aromatic carbocycles. The molecule has 1 saturated carbocycles. The average molecular weight is 347 g/mol. The maximum atomic E-state index is 12.2. The molecule has 2 aromatic rings. The number of halogens is 1. The van der Waals surface area contributed by atoms with Crippen molar-refractivity contribution in [1.82, 2.24) is 9.97 Å². The van der Waals surface area contributed by atoms with E-state index < -0.39 is 0 Å². The Balaban J connectivity index is 2.10. The number of hydrogen-bond donors (Lipinski definition) is 1. The Morgan fingerprint density at radius 1 is 1.19 bits per heavy atom. The van der Waals surface area contributed by atoms with Crippen LogP contribution in [-0.2, 0) is 0 Å². The maximum absolute atomic E-state index is 12.2. The van der Waals surface area contributed by atoms with Gasteiger partial charge < -0.3 is 4.98 Å². The molecule has 1 N–H and O–H groups in total. The minimum absolute atomic E-state index is 0.0832. The van der Waals surface area contributed by atoms with Gasteiger partial charge in [0.2, 0.25) is 0 Å². The van der Waals surface area contributed by atoms with Crippen molar-refractivity contribution in [2.75, 3.05) is 0 Å². The Labute approximate surface area is 133 Å². The second kappa shape index (κ2) is 5.76. The Morgan fingerprint density at radius 2 is 1.90 bits per heavy atom. The lowest BCUT2D eigenvalue weighted by molar-refractivity contribution is 0.688. The summed E-state index contributed by atoms with van der Waals surface area (Å²) in [6.07, 6.45) is 4.71. The zero-order valence-electron chi connectivity index (χ0n) is 12.4. The molecule has 0 saturated heterocycles. The minimum atomic E-state index is -0.0832. The van der Waals surface area contributed by atoms with Crippen LogP contribution < -0.4 is 5.56 Å². The van der Waals surface area contributed by atoms with Crippen molar-refractivity contribution in [3.63, 3.8) is 0 Å². The summed E-state index contributed by atoms with van der Waals surface area (Å²) in [5, 5.41) is 0. The lowest BCUT2D eigenvalue weighted by Crippen LogP contribution is -2.15. The molecule has 0 atom stereocenters. The van der Waals surface area contributed by atoms with Crippen LogP contribution in [0.25, 0.3) is 11.4 Å². The highest BCUT2D eigenvalue weighted by molar-refractivity contribution is 9.10. The lowest BCUT2D eigenvalue weighted by Gasteiger charge is -2.12. The van der Waals surface area contributed by atoms with Gasteiger partial charge in [0.05, 0.1) is 5.69 Å². The monoisotopic (exact) mass is 346 g/mol. The normalized spacial score (nSPS) is 15.6. The summed E-state index contributed by atoms with van der Waals surface area (Å²) in [5.41, 5.74) is 4.27. The molecule has 1 fully saturated rings. The van der Waals surface area contributed by atoms with Gasteiger partial charge in [-0.05, 0) is 59.8 Å². The second-order valence-electron chi connectivity index (χ2n) is 5.89. The third-order valence-electron chi connectivity index (χ3n) is 4.41. The number of aryl methyl sites for hydroxylation is 2. The number of nitrogens with zero attached hydrogens (tertiary/aromatic N) is 1. The molecule has 0 radical (unpaired) electrons. The molecule has 0 spiro atoms. The zero-order valence-corrected chi connectivity index (χ0v) is 14.0. The van der Waals surface area contributed by atoms with Gasteiger partial charge in [0.15, 0.2) is 0 Å². The number of benzene rings is 1. The molecule has 1 heterocycles. The summed E-state index contributed by atoms with van der Waals surface area (Å²) < 4.78 is 0.599. The molecule has 1 aromatic heterocycles. The quantitative estimate of drug-likeness (QED) is 0.871. The van der Waals surface area contributed by atoms with Crippen molar-refractivity contribution in [3.8, 4) is 11.4 Å². The Bertz CT molecular complexity index is 730. The van der Waals surface area contributed by atoms with Gasteiger partial charge in [-0.3, -0.25) is 4.79 Å². The number of aromatic nitrogens is 2. The number of nitrogens with one attached hydrogen (secondary N) is 1. The van der Waals surface area contributed by atoms with Gasteiger partial charge in [-0.2, -0.15) is 0 Å². The first-order valence-corrected chi connectivity index (χ1v) is 8.23. The summed E-state index contributed by atoms with van der Waals surface area (Å²) >= 11 is 3.42. The summed E-state index contributed by atoms with van der Waals surface area (Å²) in [7, 11) is 0. The zero-order chi connectivity index (χ0) is 15.0. The molecule has 3 rings (SSSR count). The molecule has 21 heavy (non-hydrogen) atoms. The predicted molar refractivity (Wildman–Crippen MR) is 88.7 cm³/mol. The van der Waals surface area contributed by atoms with E-state index in [0.29, 0.717) is 16.2 Å². The summed E-state index contributed by atoms with van der Waals surface area (Å²) in [4.78, 5) is 19.8. The number of aromatic amines is 1. The molecule has 3 nitrogen and oxygen atoms in total. The molecule has 4 heteroatoms. The first-order chi connectivity index (χ1) is 10.1. The molecular weight excluding hydrogens is 328 g/mol. The van der Waals surface area contributed by atoms with Crippen LogP contribution >= 0.6 is 15.9 Å². The number of rotatable bonds is 2. The Morgan fingerprint density at radius 3 is 2.57 bits per heavy atom. The van der Waals surface area contributed by atoms with Crippen molar-refractivity contribution < 1.29 is 0 Å². The third kappa shape index (κ3) is 2.82. The average Bonchev–Trinajstić information content (AvgIpc) is 2.98. The van der Waals surface area contributed by atoms with E-state index in [0.717, 1.165) is 24.1 Å². The molecule has 1 aliphatic rings. The van der Waals surface area contributed by atoms with Crippen LogP contribution in [0.4, 0.5) is 0 Å². The fourth-order valence-electron chi connectivity index (χ4n) is 2.97. The van der Waals surface area contributed by atoms with E-state index in [1.807, 2.05) is 6.07 Å². The van der Waals surface area contributed by atoms with Crippen LogP contribution in [0.3, 0.4) is 0 Å². The van der Waals surface area contributed by atoms with Crippen molar-refractivity contribution in [2.24, 2.45) is 0 Å². The van der Waals surface area contributed by atoms with Crippen molar-refractivity contribution in [1.29, 1.82) is 0 Å². The third-order valence-corrected chi connectivity index (χ3v) is 5.18. The number of hydrogen-bond acceptors (Lipinski definition) is 2. The molecule has 0 aliphatic heterocycles. The maximum Gasteiger partial charge on any atom is 0.265 e. The highest BCUT2D eigenvalue weighted by atomic mass is 79.9. The van der Waals surface area contributed by atoms with Gasteiger partial charge in [0, 0.05) is 11.5 Å². The largest absolute Gasteiger partial charge is 0.306 e. The van der Waals surface area contributed by atoms with Crippen molar-refractivity contribution in [2.45, 2.75) is 45.4 Å². The van der Waals surface area contributed by atoms with Crippen molar-refractivity contribution in [3.05, 3.63) is 49.8 Å². The van der Waals surface area contributed by atoms with E-state index in [1.54, 1.807) is 0 Å². The van der Waals surface area contributed by atoms with E-state index in [4.69, 9.17) is 4.98 Å². The standard InChI is InChI=1S/C17H19BrN2O/c1-10-7-8-13(9-11(10)2)16-19-15(12-5-3-4-6-12)14(18)17(21)20-16/h7-9,12H,3-6H2,1-2H3,(H,19,20,21). The number of H-pyrrole nitrogens is 1. The lowest BCUT2D eigenvalue weighted by atomic mass is 10.0. The minimum Gasteiger partial charge on any atom is -0.306 e. The van der Waals surface area contributed by atoms with Crippen LogP contribution in [-0.4, -0.2) is 9.97 Å². The van der Waals surface area contributed by atoms with E-state index >= 15 is 0 Å². The Kier molecular flexibility index (Phi) is 3.98. The molecule has 110 valence electrons. The summed E-state index contributed by atoms with van der Waals surface area (Å²) in [6, 6.07) is 6.18. The van der Waals surface area contributed by atoms with Gasteiger partial charge in [-0.15, -0.1) is 0 Å². The fraction of sp³-hybridized carbons (Fsp3) is 0.412. The van der Waals surface area contributed by atoms with E-state index in [9.17, 15) is 4.79 Å². The van der Waals surface area contributed by atoms with Gasteiger partial charge in [-0.1, -0.05) is 25.0 Å². The molecule has 0 bridgehead atoms. The molecule has 0 amide bonds. The van der Waals surface area contributed by atoms with Crippen LogP contribution in [0.15, 0.2) is 27.5 Å². The van der Waals surface area contributed by atoms with E-state index in [-0.39, 0.29) is 5.56 Å². The smallest absolute Gasteiger partial charge is 0.265 e. The first kappa shape index (κ1) is 14.5. The topological polar surface area (TPSA) is 45.8 Å². The molecule has 1 aliphatic carbocycles. The highest BCUT2D eigenvalue weighted by Gasteiger charge is 2.23. The van der Waals surface area contributed by atoms with Gasteiger partial charge in [-0.25, -0.2) is 4.98 Å². The van der Waals surface area contributed by atoms with Crippen molar-refractivity contribution >= 4 is 15.9 Å². The second-order valence-corrected chi connectivity index (χ2v) is 6.69. The van der Waals surface area contributed by atoms with Crippen LogP contribution in [0, 0.1) is 13.8 Å². The van der Waals surface area contributed by atoms with Gasteiger partial charge >= 0.3 is 0 Å².